The molecule has 2 amide bonds. The molecule has 4 aliphatic rings. The van der Waals surface area contributed by atoms with Gasteiger partial charge in [-0.05, 0) is 31.2 Å². The van der Waals surface area contributed by atoms with Crippen molar-refractivity contribution in [3.05, 3.63) is 29.8 Å². The molecule has 1 unspecified atom stereocenters. The van der Waals surface area contributed by atoms with Gasteiger partial charge in [0.15, 0.2) is 5.58 Å². The van der Waals surface area contributed by atoms with Crippen molar-refractivity contribution in [2.24, 2.45) is 5.92 Å². The Morgan fingerprint density at radius 1 is 1.14 bits per heavy atom. The van der Waals surface area contributed by atoms with Crippen LogP contribution in [0.3, 0.4) is 0 Å². The smallest absolute Gasteiger partial charge is 0.271 e. The second kappa shape index (κ2) is 7.18. The summed E-state index contributed by atoms with van der Waals surface area (Å²) in [6.07, 6.45) is 6.50. The number of morpholine rings is 1. The van der Waals surface area contributed by atoms with Crippen LogP contribution in [0.5, 0.6) is 0 Å². The van der Waals surface area contributed by atoms with E-state index in [0.717, 1.165) is 19.5 Å². The van der Waals surface area contributed by atoms with Crippen LogP contribution in [0.1, 0.15) is 40.1 Å². The van der Waals surface area contributed by atoms with E-state index in [0.29, 0.717) is 54.4 Å². The first-order valence-electron chi connectivity index (χ1n) is 9.98. The summed E-state index contributed by atoms with van der Waals surface area (Å²) in [6, 6.07) is 1.66. The zero-order chi connectivity index (χ0) is 19.1. The van der Waals surface area contributed by atoms with Gasteiger partial charge in [0, 0.05) is 31.6 Å². The largest absolute Gasteiger partial charge is 0.462 e. The average Bonchev–Trinajstić information content (AvgIpc) is 3.18. The number of furan rings is 1. The van der Waals surface area contributed by atoms with Gasteiger partial charge in [-0.3, -0.25) is 14.5 Å². The van der Waals surface area contributed by atoms with E-state index in [2.05, 4.69) is 15.2 Å². The molecular weight excluding hydrogens is 360 g/mol. The Morgan fingerprint density at radius 3 is 2.64 bits per heavy atom. The lowest BCUT2D eigenvalue weighted by Gasteiger charge is -2.45. The maximum atomic E-state index is 12.8. The predicted octanol–water partition coefficient (Wildman–Crippen LogP) is 1.47. The van der Waals surface area contributed by atoms with Crippen molar-refractivity contribution in [2.45, 2.75) is 25.4 Å². The maximum Gasteiger partial charge on any atom is 0.271 e. The fraction of sp³-hybridized carbons (Fsp3) is 0.550. The molecule has 1 N–H and O–H groups in total. The van der Waals surface area contributed by atoms with Crippen LogP contribution in [0.2, 0.25) is 0 Å². The third kappa shape index (κ3) is 3.16. The SMILES string of the molecule is O=C(NC1CC2CCN1CC2)c1cc2c(C(=O)N3CCOCC3)coc2cn1. The van der Waals surface area contributed by atoms with Crippen LogP contribution in [0.4, 0.5) is 0 Å². The first-order valence-corrected chi connectivity index (χ1v) is 9.98. The summed E-state index contributed by atoms with van der Waals surface area (Å²) in [4.78, 5) is 34.0. The summed E-state index contributed by atoms with van der Waals surface area (Å²) >= 11 is 0. The Bertz CT molecular complexity index is 897. The van der Waals surface area contributed by atoms with Gasteiger partial charge in [-0.15, -0.1) is 0 Å². The van der Waals surface area contributed by atoms with Crippen molar-refractivity contribution in [1.82, 2.24) is 20.1 Å². The molecule has 6 heterocycles. The summed E-state index contributed by atoms with van der Waals surface area (Å²) < 4.78 is 10.8. The topological polar surface area (TPSA) is 87.9 Å². The molecule has 2 aromatic rings. The van der Waals surface area contributed by atoms with E-state index in [1.807, 2.05) is 0 Å². The monoisotopic (exact) mass is 384 g/mol. The zero-order valence-electron chi connectivity index (χ0n) is 15.7. The lowest BCUT2D eigenvalue weighted by atomic mass is 9.86. The lowest BCUT2D eigenvalue weighted by molar-refractivity contribution is 0.0292. The molecule has 4 fully saturated rings. The van der Waals surface area contributed by atoms with E-state index in [-0.39, 0.29) is 18.0 Å². The molecule has 148 valence electrons. The summed E-state index contributed by atoms with van der Waals surface area (Å²) in [5, 5.41) is 3.74. The quantitative estimate of drug-likeness (QED) is 0.862. The number of nitrogens with one attached hydrogen (secondary N) is 1. The number of hydrogen-bond donors (Lipinski definition) is 1. The van der Waals surface area contributed by atoms with Gasteiger partial charge in [0.2, 0.25) is 0 Å². The first kappa shape index (κ1) is 17.6. The van der Waals surface area contributed by atoms with E-state index in [1.54, 1.807) is 11.0 Å². The molecule has 0 saturated carbocycles. The minimum atomic E-state index is -0.203. The molecule has 0 radical (unpaired) electrons. The number of rotatable bonds is 3. The summed E-state index contributed by atoms with van der Waals surface area (Å²) in [5.74, 6) is 0.401. The van der Waals surface area contributed by atoms with Crippen LogP contribution in [-0.4, -0.2) is 72.2 Å². The highest BCUT2D eigenvalue weighted by Crippen LogP contribution is 2.31. The van der Waals surface area contributed by atoms with Gasteiger partial charge >= 0.3 is 0 Å². The van der Waals surface area contributed by atoms with Gasteiger partial charge in [-0.25, -0.2) is 4.98 Å². The van der Waals surface area contributed by atoms with E-state index in [9.17, 15) is 9.59 Å². The molecule has 8 nitrogen and oxygen atoms in total. The predicted molar refractivity (Wildman–Crippen MR) is 101 cm³/mol. The number of piperidine rings is 3. The molecule has 4 saturated heterocycles. The number of nitrogens with zero attached hydrogens (tertiary/aromatic N) is 3. The molecule has 4 aliphatic heterocycles. The molecule has 0 aromatic carbocycles. The number of carbonyl (C=O) groups is 2. The number of ether oxygens (including phenoxy) is 1. The van der Waals surface area contributed by atoms with Crippen LogP contribution in [0.15, 0.2) is 22.9 Å². The Labute approximate surface area is 162 Å². The Hall–Kier alpha value is -2.45. The number of pyridine rings is 1. The molecule has 0 aliphatic carbocycles. The summed E-state index contributed by atoms with van der Waals surface area (Å²) in [7, 11) is 0. The number of fused-ring (bicyclic) bond motifs is 4. The molecule has 0 spiro atoms. The van der Waals surface area contributed by atoms with Crippen molar-refractivity contribution < 1.29 is 18.7 Å². The fourth-order valence-corrected chi connectivity index (χ4v) is 4.50. The van der Waals surface area contributed by atoms with E-state index in [4.69, 9.17) is 9.15 Å². The summed E-state index contributed by atoms with van der Waals surface area (Å²) in [5.41, 5.74) is 1.29. The van der Waals surface area contributed by atoms with Crippen LogP contribution >= 0.6 is 0 Å². The Kier molecular flexibility index (Phi) is 4.52. The highest BCUT2D eigenvalue weighted by atomic mass is 16.5. The van der Waals surface area contributed by atoms with Crippen molar-refractivity contribution in [1.29, 1.82) is 0 Å². The fourth-order valence-electron chi connectivity index (χ4n) is 4.50. The van der Waals surface area contributed by atoms with Gasteiger partial charge in [-0.1, -0.05) is 0 Å². The molecule has 2 bridgehead atoms. The van der Waals surface area contributed by atoms with E-state index >= 15 is 0 Å². The van der Waals surface area contributed by atoms with Gasteiger partial charge < -0.3 is 19.4 Å². The second-order valence-electron chi connectivity index (χ2n) is 7.82. The minimum absolute atomic E-state index is 0.0799. The first-order chi connectivity index (χ1) is 13.7. The van der Waals surface area contributed by atoms with Crippen molar-refractivity contribution >= 4 is 22.8 Å². The second-order valence-corrected chi connectivity index (χ2v) is 7.82. The standard InChI is InChI=1S/C20H24N4O4/c25-19(22-18-9-13-1-3-23(18)4-2-13)16-10-14-15(12-28-17(14)11-21-16)20(26)24-5-7-27-8-6-24/h10-13,18H,1-9H2,(H,22,25). The van der Waals surface area contributed by atoms with Crippen molar-refractivity contribution in [2.75, 3.05) is 39.4 Å². The normalized spacial score (nSPS) is 27.1. The Morgan fingerprint density at radius 2 is 1.93 bits per heavy atom. The third-order valence-corrected chi connectivity index (χ3v) is 6.17. The average molecular weight is 384 g/mol. The highest BCUT2D eigenvalue weighted by Gasteiger charge is 2.34. The van der Waals surface area contributed by atoms with Gasteiger partial charge in [0.1, 0.15) is 12.0 Å². The molecule has 8 heteroatoms. The van der Waals surface area contributed by atoms with E-state index < -0.39 is 0 Å². The highest BCUT2D eigenvalue weighted by molar-refractivity contribution is 6.07. The van der Waals surface area contributed by atoms with Gasteiger partial charge in [0.25, 0.3) is 11.8 Å². The molecule has 6 rings (SSSR count). The van der Waals surface area contributed by atoms with Crippen molar-refractivity contribution in [3.8, 4) is 0 Å². The van der Waals surface area contributed by atoms with Crippen LogP contribution in [-0.2, 0) is 4.74 Å². The number of amides is 2. The number of carbonyl (C=O) groups excluding carboxylic acids is 2. The van der Waals surface area contributed by atoms with Crippen LogP contribution in [0, 0.1) is 5.92 Å². The summed E-state index contributed by atoms with van der Waals surface area (Å²) in [6.45, 7) is 4.28. The molecule has 1 atom stereocenters. The molecule has 2 aromatic heterocycles. The molecule has 28 heavy (non-hydrogen) atoms. The third-order valence-electron chi connectivity index (χ3n) is 6.17. The molecular formula is C20H24N4O4. The van der Waals surface area contributed by atoms with Gasteiger partial charge in [-0.2, -0.15) is 0 Å². The maximum absolute atomic E-state index is 12.8. The van der Waals surface area contributed by atoms with Gasteiger partial charge in [0.05, 0.1) is 31.1 Å². The van der Waals surface area contributed by atoms with E-state index in [1.165, 1.54) is 25.3 Å². The number of hydrogen-bond acceptors (Lipinski definition) is 6. The van der Waals surface area contributed by atoms with Crippen LogP contribution < -0.4 is 5.32 Å². The Balaban J connectivity index is 1.36. The lowest BCUT2D eigenvalue weighted by Crippen LogP contribution is -2.56. The minimum Gasteiger partial charge on any atom is -0.462 e. The van der Waals surface area contributed by atoms with Crippen molar-refractivity contribution in [3.63, 3.8) is 0 Å². The zero-order valence-corrected chi connectivity index (χ0v) is 15.7. The number of aromatic nitrogens is 1. The van der Waals surface area contributed by atoms with Crippen LogP contribution in [0.25, 0.3) is 11.0 Å².